The van der Waals surface area contributed by atoms with Crippen molar-refractivity contribution in [3.8, 4) is 5.75 Å². The molecular formula is C14H22N2O. The van der Waals surface area contributed by atoms with Crippen LogP contribution in [0.5, 0.6) is 5.75 Å². The average molecular weight is 234 g/mol. The molecule has 1 saturated heterocycles. The first-order chi connectivity index (χ1) is 8.28. The van der Waals surface area contributed by atoms with E-state index in [-0.39, 0.29) is 0 Å². The molecular weight excluding hydrogens is 212 g/mol. The molecule has 0 amide bonds. The Morgan fingerprint density at radius 2 is 2.06 bits per heavy atom. The Hall–Kier alpha value is -1.06. The largest absolute Gasteiger partial charge is 0.497 e. The Morgan fingerprint density at radius 1 is 1.29 bits per heavy atom. The van der Waals surface area contributed by atoms with Crippen molar-refractivity contribution in [2.45, 2.75) is 25.9 Å². The SMILES string of the molecule is COc1ccc(CN2CCN[C@H](C)CC2)cc1. The van der Waals surface area contributed by atoms with Crippen molar-refractivity contribution in [3.05, 3.63) is 29.8 Å². The summed E-state index contributed by atoms with van der Waals surface area (Å²) in [7, 11) is 1.71. The molecule has 0 unspecified atom stereocenters. The van der Waals surface area contributed by atoms with Crippen LogP contribution in [0.2, 0.25) is 0 Å². The van der Waals surface area contributed by atoms with Crippen molar-refractivity contribution in [3.63, 3.8) is 0 Å². The van der Waals surface area contributed by atoms with Gasteiger partial charge in [0.1, 0.15) is 5.75 Å². The van der Waals surface area contributed by atoms with Crippen LogP contribution in [0.15, 0.2) is 24.3 Å². The lowest BCUT2D eigenvalue weighted by atomic mass is 10.2. The molecule has 1 atom stereocenters. The lowest BCUT2D eigenvalue weighted by Gasteiger charge is -2.19. The van der Waals surface area contributed by atoms with Crippen LogP contribution in [0.1, 0.15) is 18.9 Å². The van der Waals surface area contributed by atoms with Gasteiger partial charge < -0.3 is 10.1 Å². The lowest BCUT2D eigenvalue weighted by molar-refractivity contribution is 0.282. The summed E-state index contributed by atoms with van der Waals surface area (Å²) in [5.41, 5.74) is 1.36. The Bertz CT molecular complexity index is 337. The number of hydrogen-bond donors (Lipinski definition) is 1. The summed E-state index contributed by atoms with van der Waals surface area (Å²) in [6.07, 6.45) is 1.23. The molecule has 1 aromatic rings. The standard InChI is InChI=1S/C14H22N2O/c1-12-7-9-16(10-8-15-12)11-13-3-5-14(17-2)6-4-13/h3-6,12,15H,7-11H2,1-2H3/t12-/m1/s1. The second kappa shape index (κ2) is 6.03. The van der Waals surface area contributed by atoms with Crippen molar-refractivity contribution >= 4 is 0 Å². The summed E-state index contributed by atoms with van der Waals surface area (Å²) >= 11 is 0. The molecule has 0 saturated carbocycles. The molecule has 0 spiro atoms. The number of nitrogens with one attached hydrogen (secondary N) is 1. The molecule has 0 aliphatic carbocycles. The number of rotatable bonds is 3. The summed E-state index contributed by atoms with van der Waals surface area (Å²) in [5.74, 6) is 0.930. The number of hydrogen-bond acceptors (Lipinski definition) is 3. The average Bonchev–Trinajstić information content (AvgIpc) is 2.56. The highest BCUT2D eigenvalue weighted by Crippen LogP contribution is 2.13. The van der Waals surface area contributed by atoms with Crippen LogP contribution in [0, 0.1) is 0 Å². The van der Waals surface area contributed by atoms with E-state index in [4.69, 9.17) is 4.74 Å². The maximum Gasteiger partial charge on any atom is 0.118 e. The molecule has 3 nitrogen and oxygen atoms in total. The van der Waals surface area contributed by atoms with Crippen molar-refractivity contribution in [2.75, 3.05) is 26.7 Å². The van der Waals surface area contributed by atoms with Crippen LogP contribution in [-0.4, -0.2) is 37.7 Å². The van der Waals surface area contributed by atoms with Gasteiger partial charge in [-0.15, -0.1) is 0 Å². The van der Waals surface area contributed by atoms with E-state index in [0.717, 1.165) is 25.4 Å². The fraction of sp³-hybridized carbons (Fsp3) is 0.571. The molecule has 1 N–H and O–H groups in total. The van der Waals surface area contributed by atoms with Crippen molar-refractivity contribution in [1.29, 1.82) is 0 Å². The fourth-order valence-electron chi connectivity index (χ4n) is 2.21. The fourth-order valence-corrected chi connectivity index (χ4v) is 2.21. The van der Waals surface area contributed by atoms with Crippen LogP contribution < -0.4 is 10.1 Å². The Labute approximate surface area is 104 Å². The number of methoxy groups -OCH3 is 1. The van der Waals surface area contributed by atoms with Gasteiger partial charge in [0.25, 0.3) is 0 Å². The van der Waals surface area contributed by atoms with Crippen LogP contribution >= 0.6 is 0 Å². The molecule has 17 heavy (non-hydrogen) atoms. The third kappa shape index (κ3) is 3.72. The zero-order valence-corrected chi connectivity index (χ0v) is 10.8. The zero-order chi connectivity index (χ0) is 12.1. The lowest BCUT2D eigenvalue weighted by Crippen LogP contribution is -2.28. The van der Waals surface area contributed by atoms with E-state index in [0.29, 0.717) is 6.04 Å². The molecule has 1 heterocycles. The highest BCUT2D eigenvalue weighted by atomic mass is 16.5. The van der Waals surface area contributed by atoms with Gasteiger partial charge >= 0.3 is 0 Å². The topological polar surface area (TPSA) is 24.5 Å². The van der Waals surface area contributed by atoms with Gasteiger partial charge in [-0.05, 0) is 31.0 Å². The maximum absolute atomic E-state index is 5.17. The first-order valence-electron chi connectivity index (χ1n) is 6.36. The molecule has 0 aromatic heterocycles. The van der Waals surface area contributed by atoms with E-state index < -0.39 is 0 Å². The van der Waals surface area contributed by atoms with Crippen LogP contribution in [0.3, 0.4) is 0 Å². The Balaban J connectivity index is 1.90. The first kappa shape index (κ1) is 12.4. The quantitative estimate of drug-likeness (QED) is 0.864. The van der Waals surface area contributed by atoms with Crippen molar-refractivity contribution in [2.24, 2.45) is 0 Å². The third-order valence-corrected chi connectivity index (χ3v) is 3.36. The van der Waals surface area contributed by atoms with Gasteiger partial charge in [0.15, 0.2) is 0 Å². The Morgan fingerprint density at radius 3 is 2.76 bits per heavy atom. The molecule has 3 heteroatoms. The minimum absolute atomic E-state index is 0.649. The first-order valence-corrected chi connectivity index (χ1v) is 6.36. The molecule has 1 aromatic carbocycles. The Kier molecular flexibility index (Phi) is 4.40. The number of nitrogens with zero attached hydrogens (tertiary/aromatic N) is 1. The maximum atomic E-state index is 5.17. The van der Waals surface area contributed by atoms with Gasteiger partial charge in [-0.1, -0.05) is 12.1 Å². The van der Waals surface area contributed by atoms with Gasteiger partial charge in [0.2, 0.25) is 0 Å². The smallest absolute Gasteiger partial charge is 0.118 e. The van der Waals surface area contributed by atoms with E-state index >= 15 is 0 Å². The molecule has 1 aliphatic rings. The van der Waals surface area contributed by atoms with Gasteiger partial charge in [0, 0.05) is 32.2 Å². The monoisotopic (exact) mass is 234 g/mol. The molecule has 0 bridgehead atoms. The van der Waals surface area contributed by atoms with Crippen molar-refractivity contribution < 1.29 is 4.74 Å². The minimum atomic E-state index is 0.649. The van der Waals surface area contributed by atoms with Gasteiger partial charge in [-0.3, -0.25) is 4.90 Å². The zero-order valence-electron chi connectivity index (χ0n) is 10.8. The molecule has 1 fully saturated rings. The molecule has 1 aliphatic heterocycles. The van der Waals surface area contributed by atoms with E-state index in [1.807, 2.05) is 12.1 Å². The summed E-state index contributed by atoms with van der Waals surface area (Å²) in [4.78, 5) is 2.51. The third-order valence-electron chi connectivity index (χ3n) is 3.36. The van der Waals surface area contributed by atoms with E-state index in [9.17, 15) is 0 Å². The van der Waals surface area contributed by atoms with E-state index in [1.165, 1.54) is 18.5 Å². The predicted octanol–water partition coefficient (Wildman–Crippen LogP) is 1.88. The van der Waals surface area contributed by atoms with E-state index in [1.54, 1.807) is 7.11 Å². The summed E-state index contributed by atoms with van der Waals surface area (Å²) in [6, 6.07) is 9.03. The summed E-state index contributed by atoms with van der Waals surface area (Å²) in [5, 5.41) is 3.52. The molecule has 2 rings (SSSR count). The normalized spacial score (nSPS) is 22.1. The van der Waals surface area contributed by atoms with Crippen LogP contribution in [-0.2, 0) is 6.54 Å². The molecule has 0 radical (unpaired) electrons. The van der Waals surface area contributed by atoms with Crippen LogP contribution in [0.25, 0.3) is 0 Å². The van der Waals surface area contributed by atoms with Gasteiger partial charge in [-0.2, -0.15) is 0 Å². The summed E-state index contributed by atoms with van der Waals surface area (Å²) < 4.78 is 5.17. The van der Waals surface area contributed by atoms with Crippen molar-refractivity contribution in [1.82, 2.24) is 10.2 Å². The molecule has 94 valence electrons. The summed E-state index contributed by atoms with van der Waals surface area (Å²) in [6.45, 7) is 6.71. The number of ether oxygens (including phenoxy) is 1. The second-order valence-electron chi connectivity index (χ2n) is 4.77. The highest BCUT2D eigenvalue weighted by Gasteiger charge is 2.12. The second-order valence-corrected chi connectivity index (χ2v) is 4.77. The highest BCUT2D eigenvalue weighted by molar-refractivity contribution is 5.27. The van der Waals surface area contributed by atoms with Gasteiger partial charge in [0.05, 0.1) is 7.11 Å². The predicted molar refractivity (Wildman–Crippen MR) is 70.4 cm³/mol. The number of benzene rings is 1. The van der Waals surface area contributed by atoms with Gasteiger partial charge in [-0.25, -0.2) is 0 Å². The van der Waals surface area contributed by atoms with Crippen LogP contribution in [0.4, 0.5) is 0 Å². The van der Waals surface area contributed by atoms with E-state index in [2.05, 4.69) is 29.3 Å². The minimum Gasteiger partial charge on any atom is -0.497 e.